The Bertz CT molecular complexity index is 2140. The highest BCUT2D eigenvalue weighted by molar-refractivity contribution is 8.01. The monoisotopic (exact) mass is 782 g/mol. The third-order valence-corrected chi connectivity index (χ3v) is 11.7. The average molecular weight is 783 g/mol. The van der Waals surface area contributed by atoms with Gasteiger partial charge in [0.05, 0.1) is 0 Å². The van der Waals surface area contributed by atoms with E-state index in [9.17, 15) is 24.3 Å². The normalized spacial score (nSPS) is 16.9. The number of hydrogen-bond donors (Lipinski definition) is 4. The molecule has 0 saturated carbocycles. The van der Waals surface area contributed by atoms with Crippen LogP contribution in [0.1, 0.15) is 22.4 Å². The van der Waals surface area contributed by atoms with Crippen LogP contribution in [0.5, 0.6) is 0 Å². The first-order valence-corrected chi connectivity index (χ1v) is 19.1. The molecule has 3 amide bonds. The Morgan fingerprint density at radius 1 is 1.04 bits per heavy atom. The topological polar surface area (TPSA) is 206 Å². The number of aliphatic carboxylic acids is 1. The standard InChI is InChI=1S/C35H30N10O6S3/c1-51-41-26(29(47)38-27-30(48)44-28(32(49)50)21(17-52-31(27)44)18-54-34-40-42-43-45(34)36-20-46)25-19-53-33(37-25)39-35(22-11-5-2-6-12-22,23-13-7-3-8-14-23)24-15-9-4-10-16-24/h2-16,19-20,27,31H,17-18H2,1H3,(H,36,46)(H,37,39)(H,38,47)(H,49,50)/b41-26-/t27-,31-/m1/s1. The fraction of sp³-hybridized carbons (Fsp3) is 0.171. The van der Waals surface area contributed by atoms with E-state index < -0.39 is 34.7 Å². The molecule has 0 aliphatic carbocycles. The second-order valence-corrected chi connectivity index (χ2v) is 14.6. The molecule has 1 fully saturated rings. The number of nitrogens with zero attached hydrogens (tertiary/aromatic N) is 7. The molecule has 3 aromatic carbocycles. The summed E-state index contributed by atoms with van der Waals surface area (Å²) in [4.78, 5) is 62.5. The van der Waals surface area contributed by atoms with Gasteiger partial charge in [0, 0.05) is 16.9 Å². The van der Waals surface area contributed by atoms with E-state index in [1.807, 2.05) is 91.0 Å². The molecule has 4 N–H and O–H groups in total. The number of β-lactam (4-membered cyclic amide) rings is 1. The summed E-state index contributed by atoms with van der Waals surface area (Å²) >= 11 is 3.67. The fourth-order valence-corrected chi connectivity index (χ4v) is 9.31. The van der Waals surface area contributed by atoms with Crippen LogP contribution in [0.2, 0.25) is 0 Å². The molecule has 2 aliphatic rings. The number of thioether (sulfide) groups is 2. The molecule has 0 unspecified atom stereocenters. The lowest BCUT2D eigenvalue weighted by Gasteiger charge is -2.49. The predicted octanol–water partition coefficient (Wildman–Crippen LogP) is 3.11. The van der Waals surface area contributed by atoms with Crippen molar-refractivity contribution in [3.63, 3.8) is 0 Å². The van der Waals surface area contributed by atoms with Crippen LogP contribution < -0.4 is 16.1 Å². The van der Waals surface area contributed by atoms with E-state index in [0.717, 1.165) is 33.2 Å². The SMILES string of the molecule is CO/N=C(\C(=O)N[C@@H]1C(=O)N2C(C(=O)O)=C(CSc3nnnn3NC=O)CS[C@H]12)c1csc(NC(c2ccccc2)(c2ccccc2)c2ccccc2)n1. The molecule has 1 saturated heterocycles. The number of thiazole rings is 1. The lowest BCUT2D eigenvalue weighted by Crippen LogP contribution is -2.71. The second kappa shape index (κ2) is 15.9. The highest BCUT2D eigenvalue weighted by atomic mass is 32.2. The second-order valence-electron chi connectivity index (χ2n) is 11.7. The van der Waals surface area contributed by atoms with E-state index in [1.165, 1.54) is 35.1 Å². The van der Waals surface area contributed by atoms with E-state index in [-0.39, 0.29) is 33.8 Å². The highest BCUT2D eigenvalue weighted by Gasteiger charge is 2.54. The maximum absolute atomic E-state index is 13.8. The highest BCUT2D eigenvalue weighted by Crippen LogP contribution is 2.42. The summed E-state index contributed by atoms with van der Waals surface area (Å²) in [6.07, 6.45) is 0.401. The van der Waals surface area contributed by atoms with Crippen LogP contribution in [-0.2, 0) is 29.6 Å². The first-order valence-electron chi connectivity index (χ1n) is 16.2. The number of benzene rings is 3. The third kappa shape index (κ3) is 6.91. The molecule has 5 aromatic rings. The Hall–Kier alpha value is -6.05. The Labute approximate surface area is 320 Å². The van der Waals surface area contributed by atoms with Gasteiger partial charge in [-0.05, 0) is 32.7 Å². The van der Waals surface area contributed by atoms with Gasteiger partial charge in [0.2, 0.25) is 11.6 Å². The zero-order chi connectivity index (χ0) is 37.7. The molecule has 54 heavy (non-hydrogen) atoms. The van der Waals surface area contributed by atoms with Crippen LogP contribution in [0.15, 0.2) is 118 Å². The summed E-state index contributed by atoms with van der Waals surface area (Å²) in [5, 5.41) is 33.2. The maximum atomic E-state index is 13.8. The molecule has 2 aliphatic heterocycles. The molecule has 0 spiro atoms. The summed E-state index contributed by atoms with van der Waals surface area (Å²) in [5.41, 5.74) is 4.66. The summed E-state index contributed by atoms with van der Waals surface area (Å²) < 4.78 is 0. The van der Waals surface area contributed by atoms with Gasteiger partial charge >= 0.3 is 5.97 Å². The Morgan fingerprint density at radius 3 is 2.24 bits per heavy atom. The first-order chi connectivity index (χ1) is 26.3. The molecule has 16 nitrogen and oxygen atoms in total. The average Bonchev–Trinajstić information content (AvgIpc) is 3.87. The summed E-state index contributed by atoms with van der Waals surface area (Å²) in [6.45, 7) is 0. The molecule has 0 bridgehead atoms. The van der Waals surface area contributed by atoms with Crippen LogP contribution in [0.3, 0.4) is 0 Å². The zero-order valence-electron chi connectivity index (χ0n) is 28.2. The van der Waals surface area contributed by atoms with Gasteiger partial charge in [-0.25, -0.2) is 15.2 Å². The molecular weight excluding hydrogens is 753 g/mol. The van der Waals surface area contributed by atoms with Crippen molar-refractivity contribution in [2.24, 2.45) is 5.16 Å². The van der Waals surface area contributed by atoms with Gasteiger partial charge in [-0.3, -0.25) is 19.3 Å². The van der Waals surface area contributed by atoms with Crippen LogP contribution >= 0.6 is 34.9 Å². The van der Waals surface area contributed by atoms with Crippen LogP contribution in [-0.4, -0.2) is 95.2 Å². The number of rotatable bonds is 15. The largest absolute Gasteiger partial charge is 0.477 e. The summed E-state index contributed by atoms with van der Waals surface area (Å²) in [5.74, 6) is -2.22. The first kappa shape index (κ1) is 36.3. The zero-order valence-corrected chi connectivity index (χ0v) is 30.7. The molecular formula is C35H30N10O6S3. The quantitative estimate of drug-likeness (QED) is 0.0301. The number of tetrazole rings is 1. The van der Waals surface area contributed by atoms with Crippen molar-refractivity contribution in [2.45, 2.75) is 22.1 Å². The lowest BCUT2D eigenvalue weighted by atomic mass is 9.77. The maximum Gasteiger partial charge on any atom is 0.352 e. The third-order valence-electron chi connectivity index (χ3n) is 8.59. The van der Waals surface area contributed by atoms with E-state index in [1.54, 1.807) is 5.38 Å². The number of carboxylic acids is 1. The minimum atomic E-state index is -1.29. The number of aromatic nitrogens is 5. The predicted molar refractivity (Wildman–Crippen MR) is 202 cm³/mol. The number of nitrogens with one attached hydrogen (secondary N) is 3. The molecule has 19 heteroatoms. The van der Waals surface area contributed by atoms with Gasteiger partial charge in [0.25, 0.3) is 11.8 Å². The number of carbonyl (C=O) groups is 4. The van der Waals surface area contributed by atoms with Crippen molar-refractivity contribution < 1.29 is 29.1 Å². The van der Waals surface area contributed by atoms with Gasteiger partial charge in [0.1, 0.15) is 35.5 Å². The number of fused-ring (bicyclic) bond motifs is 1. The van der Waals surface area contributed by atoms with Crippen molar-refractivity contribution in [1.29, 1.82) is 0 Å². The van der Waals surface area contributed by atoms with Crippen LogP contribution in [0.25, 0.3) is 0 Å². The van der Waals surface area contributed by atoms with Crippen molar-refractivity contribution >= 4 is 69.9 Å². The molecule has 0 radical (unpaired) electrons. The van der Waals surface area contributed by atoms with E-state index >= 15 is 0 Å². The molecule has 274 valence electrons. The van der Waals surface area contributed by atoms with Crippen molar-refractivity contribution in [3.05, 3.63) is 130 Å². The minimum absolute atomic E-state index is 0.133. The van der Waals surface area contributed by atoms with Gasteiger partial charge in [0.15, 0.2) is 10.8 Å². The number of hydrogen-bond acceptors (Lipinski definition) is 14. The van der Waals surface area contributed by atoms with Crippen LogP contribution in [0, 0.1) is 0 Å². The van der Waals surface area contributed by atoms with Crippen molar-refractivity contribution in [2.75, 3.05) is 29.4 Å². The van der Waals surface area contributed by atoms with Gasteiger partial charge in [-0.15, -0.1) is 27.9 Å². The van der Waals surface area contributed by atoms with Crippen LogP contribution in [0.4, 0.5) is 5.13 Å². The summed E-state index contributed by atoms with van der Waals surface area (Å²) in [7, 11) is 1.30. The van der Waals surface area contributed by atoms with Crippen molar-refractivity contribution in [3.8, 4) is 0 Å². The van der Waals surface area contributed by atoms with Gasteiger partial charge in [-0.1, -0.05) is 113 Å². The number of oxime groups is 1. The fourth-order valence-electron chi connectivity index (χ4n) is 6.23. The lowest BCUT2D eigenvalue weighted by molar-refractivity contribution is -0.150. The minimum Gasteiger partial charge on any atom is -0.477 e. The molecule has 7 rings (SSSR count). The van der Waals surface area contributed by atoms with E-state index in [4.69, 9.17) is 9.82 Å². The number of carbonyl (C=O) groups excluding carboxylic acids is 3. The Kier molecular flexibility index (Phi) is 10.7. The molecule has 2 atom stereocenters. The van der Waals surface area contributed by atoms with Gasteiger partial charge < -0.3 is 20.6 Å². The number of amides is 3. The molecule has 4 heterocycles. The number of carboxylic acid groups (broad SMARTS) is 1. The van der Waals surface area contributed by atoms with Gasteiger partial charge in [-0.2, -0.15) is 0 Å². The van der Waals surface area contributed by atoms with E-state index in [2.05, 4.69) is 36.7 Å². The Morgan fingerprint density at radius 2 is 1.67 bits per heavy atom. The van der Waals surface area contributed by atoms with E-state index in [0.29, 0.717) is 17.1 Å². The number of anilines is 1. The smallest absolute Gasteiger partial charge is 0.352 e. The summed E-state index contributed by atoms with van der Waals surface area (Å²) in [6, 6.07) is 28.9. The Balaban J connectivity index is 1.12. The molecule has 2 aromatic heterocycles. The van der Waals surface area contributed by atoms with Crippen molar-refractivity contribution in [1.82, 2.24) is 35.5 Å².